The molecule has 0 radical (unpaired) electrons. The molecule has 0 spiro atoms. The zero-order valence-electron chi connectivity index (χ0n) is 12.1. The molecular weight excluding hydrogens is 238 g/mol. The van der Waals surface area contributed by atoms with E-state index in [1.54, 1.807) is 5.57 Å². The summed E-state index contributed by atoms with van der Waals surface area (Å²) in [4.78, 5) is 4.52. The highest BCUT2D eigenvalue weighted by molar-refractivity contribution is 7.78. The van der Waals surface area contributed by atoms with Crippen LogP contribution in [0.1, 0.15) is 53.4 Å². The summed E-state index contributed by atoms with van der Waals surface area (Å²) in [5.41, 5.74) is 1.56. The van der Waals surface area contributed by atoms with Crippen LogP contribution in [0.4, 0.5) is 0 Å². The Morgan fingerprint density at radius 1 is 1.44 bits per heavy atom. The Morgan fingerprint density at radius 2 is 2.17 bits per heavy atom. The van der Waals surface area contributed by atoms with E-state index in [-0.39, 0.29) is 5.54 Å². The van der Waals surface area contributed by atoms with Gasteiger partial charge in [-0.2, -0.15) is 0 Å². The molecule has 0 aromatic rings. The fourth-order valence-electron chi connectivity index (χ4n) is 3.84. The van der Waals surface area contributed by atoms with Crippen LogP contribution in [0.3, 0.4) is 0 Å². The van der Waals surface area contributed by atoms with E-state index in [4.69, 9.17) is 12.2 Å². The summed E-state index contributed by atoms with van der Waals surface area (Å²) in [7, 11) is 0. The molecule has 0 aromatic carbocycles. The standard InChI is InChI=1S/C16H25NS/c1-11(2)14-7-15-12(3)5-6-13(15)8-16(4,9-14)17-10-18/h7,11-13,15H,5-6,8-9H2,1-4H3/t12-,13+,15-,16+/m1/s1. The van der Waals surface area contributed by atoms with Gasteiger partial charge in [0.1, 0.15) is 0 Å². The van der Waals surface area contributed by atoms with Crippen molar-refractivity contribution in [3.05, 3.63) is 11.6 Å². The lowest BCUT2D eigenvalue weighted by atomic mass is 9.83. The molecule has 4 atom stereocenters. The van der Waals surface area contributed by atoms with Crippen molar-refractivity contribution >= 4 is 17.4 Å². The van der Waals surface area contributed by atoms with Crippen molar-refractivity contribution in [1.82, 2.24) is 0 Å². The van der Waals surface area contributed by atoms with Crippen LogP contribution < -0.4 is 0 Å². The molecule has 1 nitrogen and oxygen atoms in total. The molecular formula is C16H25NS. The lowest BCUT2D eigenvalue weighted by molar-refractivity contribution is 0.308. The maximum Gasteiger partial charge on any atom is 0.0722 e. The normalized spacial score (nSPS) is 39.8. The molecule has 1 saturated carbocycles. The summed E-state index contributed by atoms with van der Waals surface area (Å²) < 4.78 is 0. The monoisotopic (exact) mass is 263 g/mol. The highest BCUT2D eigenvalue weighted by atomic mass is 32.1. The summed E-state index contributed by atoms with van der Waals surface area (Å²) >= 11 is 4.86. The van der Waals surface area contributed by atoms with Crippen molar-refractivity contribution in [1.29, 1.82) is 0 Å². The molecule has 0 unspecified atom stereocenters. The molecule has 0 aliphatic heterocycles. The zero-order valence-corrected chi connectivity index (χ0v) is 12.9. The molecule has 2 rings (SSSR count). The van der Waals surface area contributed by atoms with Crippen molar-refractivity contribution in [2.45, 2.75) is 58.9 Å². The topological polar surface area (TPSA) is 12.4 Å². The number of nitrogens with zero attached hydrogens (tertiary/aromatic N) is 1. The molecule has 1 fully saturated rings. The average Bonchev–Trinajstić information content (AvgIpc) is 2.54. The second-order valence-corrected chi connectivity index (χ2v) is 7.05. The molecule has 18 heavy (non-hydrogen) atoms. The van der Waals surface area contributed by atoms with Gasteiger partial charge in [-0.3, -0.25) is 0 Å². The Labute approximate surface area is 117 Å². The Kier molecular flexibility index (Phi) is 4.08. The first-order valence-electron chi connectivity index (χ1n) is 7.25. The van der Waals surface area contributed by atoms with Gasteiger partial charge < -0.3 is 0 Å². The van der Waals surface area contributed by atoms with Gasteiger partial charge in [-0.15, -0.1) is 0 Å². The van der Waals surface area contributed by atoms with Gasteiger partial charge in [-0.1, -0.05) is 32.4 Å². The molecule has 0 bridgehead atoms. The third kappa shape index (κ3) is 2.75. The highest BCUT2D eigenvalue weighted by Crippen LogP contribution is 2.47. The predicted molar refractivity (Wildman–Crippen MR) is 81.0 cm³/mol. The maximum atomic E-state index is 4.86. The van der Waals surface area contributed by atoms with Gasteiger partial charge in [0.2, 0.25) is 0 Å². The number of allylic oxidation sites excluding steroid dienone is 1. The van der Waals surface area contributed by atoms with Crippen LogP contribution in [0.15, 0.2) is 16.6 Å². The van der Waals surface area contributed by atoms with E-state index in [1.807, 2.05) is 0 Å². The highest BCUT2D eigenvalue weighted by Gasteiger charge is 2.40. The number of thiocarbonyl (C=S) groups is 1. The van der Waals surface area contributed by atoms with Crippen LogP contribution in [0.25, 0.3) is 0 Å². The number of hydrogen-bond acceptors (Lipinski definition) is 2. The molecule has 0 aromatic heterocycles. The smallest absolute Gasteiger partial charge is 0.0722 e. The van der Waals surface area contributed by atoms with E-state index in [9.17, 15) is 0 Å². The average molecular weight is 263 g/mol. The summed E-state index contributed by atoms with van der Waals surface area (Å²) in [5, 5.41) is 2.64. The lowest BCUT2D eigenvalue weighted by Gasteiger charge is -2.27. The van der Waals surface area contributed by atoms with Crippen LogP contribution in [0.2, 0.25) is 0 Å². The van der Waals surface area contributed by atoms with Gasteiger partial charge in [0, 0.05) is 0 Å². The van der Waals surface area contributed by atoms with E-state index in [0.717, 1.165) is 24.2 Å². The Morgan fingerprint density at radius 3 is 2.78 bits per heavy atom. The van der Waals surface area contributed by atoms with Crippen molar-refractivity contribution in [2.24, 2.45) is 28.7 Å². The minimum atomic E-state index is -0.0126. The number of hydrogen-bond donors (Lipinski definition) is 0. The van der Waals surface area contributed by atoms with Gasteiger partial charge >= 0.3 is 0 Å². The van der Waals surface area contributed by atoms with Crippen LogP contribution in [-0.4, -0.2) is 10.7 Å². The number of isothiocyanates is 1. The third-order valence-corrected chi connectivity index (χ3v) is 5.04. The largest absolute Gasteiger partial charge is 0.226 e. The molecule has 2 aliphatic carbocycles. The SMILES string of the molecule is CC(C)C1=C[C@H]2[C@@H](CC[C@H]2C)C[C@](C)(N=C=S)C1. The Bertz CT molecular complexity index is 392. The van der Waals surface area contributed by atoms with Crippen LogP contribution in [0.5, 0.6) is 0 Å². The van der Waals surface area contributed by atoms with E-state index >= 15 is 0 Å². The first kappa shape index (κ1) is 14.0. The van der Waals surface area contributed by atoms with Crippen molar-refractivity contribution in [2.75, 3.05) is 0 Å². The summed E-state index contributed by atoms with van der Waals surface area (Å²) in [5.74, 6) is 3.02. The van der Waals surface area contributed by atoms with Gasteiger partial charge in [0.15, 0.2) is 0 Å². The maximum absolute atomic E-state index is 4.86. The van der Waals surface area contributed by atoms with Gasteiger partial charge in [0.05, 0.1) is 10.7 Å². The summed E-state index contributed by atoms with van der Waals surface area (Å²) in [6.07, 6.45) is 7.55. The predicted octanol–water partition coefficient (Wildman–Crippen LogP) is 4.89. The molecule has 100 valence electrons. The number of aliphatic imine (C=N–C) groups is 1. The minimum absolute atomic E-state index is 0.0126. The second-order valence-electron chi connectivity index (χ2n) is 6.87. The van der Waals surface area contributed by atoms with Gasteiger partial charge in [0.25, 0.3) is 0 Å². The third-order valence-electron chi connectivity index (χ3n) is 4.94. The molecule has 0 N–H and O–H groups in total. The first-order chi connectivity index (χ1) is 8.45. The fourth-order valence-corrected chi connectivity index (χ4v) is 4.06. The summed E-state index contributed by atoms with van der Waals surface area (Å²) in [6, 6.07) is 0. The number of fused-ring (bicyclic) bond motifs is 1. The second kappa shape index (κ2) is 5.27. The molecule has 0 heterocycles. The lowest BCUT2D eigenvalue weighted by Crippen LogP contribution is -2.26. The molecule has 0 amide bonds. The Hall–Kier alpha value is -0.460. The van der Waals surface area contributed by atoms with Crippen molar-refractivity contribution in [3.8, 4) is 0 Å². The van der Waals surface area contributed by atoms with Gasteiger partial charge in [-0.25, -0.2) is 4.99 Å². The van der Waals surface area contributed by atoms with Crippen LogP contribution in [0, 0.1) is 23.7 Å². The number of rotatable bonds is 2. The minimum Gasteiger partial charge on any atom is -0.226 e. The first-order valence-corrected chi connectivity index (χ1v) is 7.65. The quantitative estimate of drug-likeness (QED) is 0.393. The van der Waals surface area contributed by atoms with E-state index in [0.29, 0.717) is 5.92 Å². The Balaban J connectivity index is 2.35. The van der Waals surface area contributed by atoms with Crippen molar-refractivity contribution in [3.63, 3.8) is 0 Å². The van der Waals surface area contributed by atoms with Gasteiger partial charge in [-0.05, 0) is 68.5 Å². The van der Waals surface area contributed by atoms with Crippen LogP contribution >= 0.6 is 12.2 Å². The molecule has 2 heteroatoms. The molecule has 2 aliphatic rings. The van der Waals surface area contributed by atoms with Crippen LogP contribution in [-0.2, 0) is 0 Å². The summed E-state index contributed by atoms with van der Waals surface area (Å²) in [6.45, 7) is 9.26. The zero-order chi connectivity index (χ0) is 13.3. The van der Waals surface area contributed by atoms with Crippen molar-refractivity contribution < 1.29 is 0 Å². The van der Waals surface area contributed by atoms with E-state index < -0.39 is 0 Å². The van der Waals surface area contributed by atoms with E-state index in [2.05, 4.69) is 43.9 Å². The fraction of sp³-hybridized carbons (Fsp3) is 0.812. The molecule has 0 saturated heterocycles. The van der Waals surface area contributed by atoms with E-state index in [1.165, 1.54) is 19.3 Å².